The van der Waals surface area contributed by atoms with E-state index in [4.69, 9.17) is 9.47 Å². The van der Waals surface area contributed by atoms with Crippen LogP contribution < -0.4 is 14.8 Å². The van der Waals surface area contributed by atoms with Crippen LogP contribution in [0.2, 0.25) is 0 Å². The highest BCUT2D eigenvalue weighted by molar-refractivity contribution is 7.86. The second-order valence-corrected chi connectivity index (χ2v) is 9.37. The zero-order valence-electron chi connectivity index (χ0n) is 15.7. The van der Waals surface area contributed by atoms with Gasteiger partial charge in [-0.1, -0.05) is 0 Å². The molecular formula is C18H28N2O4S. The molecule has 1 N–H and O–H groups in total. The minimum Gasteiger partial charge on any atom is -0.493 e. The van der Waals surface area contributed by atoms with Crippen molar-refractivity contribution in [2.75, 3.05) is 33.1 Å². The van der Waals surface area contributed by atoms with Crippen LogP contribution in [0.1, 0.15) is 31.9 Å². The molecule has 1 heterocycles. The summed E-state index contributed by atoms with van der Waals surface area (Å²) < 4.78 is 22.5. The number of carbonyl (C=O) groups is 1. The van der Waals surface area contributed by atoms with E-state index in [9.17, 15) is 9.00 Å². The Morgan fingerprint density at radius 3 is 2.36 bits per heavy atom. The standard InChI is InChI=1S/C18H28N2O4S/c1-18(2,3)25(22)9-7-19-17(21)20-8-6-13-10-15(23-4)16(24-5)11-14(13)12-20/h10-11H,6-9,12H2,1-5H3,(H,19,21)/t25-/m0/s1. The number of urea groups is 1. The van der Waals surface area contributed by atoms with Gasteiger partial charge < -0.3 is 19.7 Å². The van der Waals surface area contributed by atoms with Crippen LogP contribution in [-0.4, -0.2) is 52.9 Å². The van der Waals surface area contributed by atoms with E-state index in [0.717, 1.165) is 12.0 Å². The smallest absolute Gasteiger partial charge is 0.317 e. The third-order valence-corrected chi connectivity index (χ3v) is 6.19. The number of fused-ring (bicyclic) bond motifs is 1. The molecule has 0 saturated carbocycles. The Hall–Kier alpha value is -1.76. The summed E-state index contributed by atoms with van der Waals surface area (Å²) >= 11 is 0. The van der Waals surface area contributed by atoms with Gasteiger partial charge in [-0.3, -0.25) is 4.21 Å². The van der Waals surface area contributed by atoms with Crippen molar-refractivity contribution in [2.45, 2.75) is 38.5 Å². The minimum atomic E-state index is -0.967. The molecule has 1 aliphatic heterocycles. The summed E-state index contributed by atoms with van der Waals surface area (Å²) in [5, 5.41) is 2.88. The Labute approximate surface area is 152 Å². The monoisotopic (exact) mass is 368 g/mol. The Kier molecular flexibility index (Phi) is 6.32. The SMILES string of the molecule is COc1cc2c(cc1OC)CN(C(=O)NCC[S@](=O)C(C)(C)C)CC2. The molecule has 0 aromatic heterocycles. The van der Waals surface area contributed by atoms with Crippen molar-refractivity contribution in [1.82, 2.24) is 10.2 Å². The van der Waals surface area contributed by atoms with Gasteiger partial charge in [0.15, 0.2) is 11.5 Å². The summed E-state index contributed by atoms with van der Waals surface area (Å²) in [4.78, 5) is 14.1. The Balaban J connectivity index is 1.95. The summed E-state index contributed by atoms with van der Waals surface area (Å²) in [6, 6.07) is 3.80. The summed E-state index contributed by atoms with van der Waals surface area (Å²) in [6.07, 6.45) is 0.775. The Morgan fingerprint density at radius 2 is 1.80 bits per heavy atom. The van der Waals surface area contributed by atoms with E-state index >= 15 is 0 Å². The molecule has 1 aromatic rings. The predicted molar refractivity (Wildman–Crippen MR) is 99.8 cm³/mol. The van der Waals surface area contributed by atoms with Crippen molar-refractivity contribution in [1.29, 1.82) is 0 Å². The number of rotatable bonds is 5. The topological polar surface area (TPSA) is 67.9 Å². The van der Waals surface area contributed by atoms with Crippen LogP contribution in [-0.2, 0) is 23.8 Å². The van der Waals surface area contributed by atoms with Gasteiger partial charge in [-0.25, -0.2) is 4.79 Å². The highest BCUT2D eigenvalue weighted by Crippen LogP contribution is 2.33. The fraction of sp³-hybridized carbons (Fsp3) is 0.611. The van der Waals surface area contributed by atoms with Crippen molar-refractivity contribution >= 4 is 16.8 Å². The molecule has 0 fully saturated rings. The summed E-state index contributed by atoms with van der Waals surface area (Å²) in [7, 11) is 2.26. The molecule has 1 aromatic carbocycles. The molecule has 1 atom stereocenters. The number of nitrogens with zero attached hydrogens (tertiary/aromatic N) is 1. The van der Waals surface area contributed by atoms with E-state index in [-0.39, 0.29) is 10.8 Å². The van der Waals surface area contributed by atoms with Crippen molar-refractivity contribution in [3.63, 3.8) is 0 Å². The fourth-order valence-electron chi connectivity index (χ4n) is 2.73. The highest BCUT2D eigenvalue weighted by atomic mass is 32.2. The predicted octanol–water partition coefficient (Wildman–Crippen LogP) is 2.32. The average Bonchev–Trinajstić information content (AvgIpc) is 2.58. The molecule has 7 heteroatoms. The van der Waals surface area contributed by atoms with E-state index < -0.39 is 10.8 Å². The normalized spacial score (nSPS) is 15.3. The van der Waals surface area contributed by atoms with Crippen LogP contribution in [0.15, 0.2) is 12.1 Å². The number of carbonyl (C=O) groups excluding carboxylic acids is 1. The molecule has 25 heavy (non-hydrogen) atoms. The number of ether oxygens (including phenoxy) is 2. The van der Waals surface area contributed by atoms with Gasteiger partial charge in [0.1, 0.15) is 0 Å². The van der Waals surface area contributed by atoms with Gasteiger partial charge in [0.25, 0.3) is 0 Å². The van der Waals surface area contributed by atoms with Crippen LogP contribution in [0.3, 0.4) is 0 Å². The first kappa shape index (κ1) is 19.6. The first-order valence-corrected chi connectivity index (χ1v) is 9.73. The number of nitrogens with one attached hydrogen (secondary N) is 1. The van der Waals surface area contributed by atoms with E-state index in [1.807, 2.05) is 32.9 Å². The van der Waals surface area contributed by atoms with Crippen molar-refractivity contribution in [3.05, 3.63) is 23.3 Å². The van der Waals surface area contributed by atoms with Gasteiger partial charge in [0, 0.05) is 40.9 Å². The molecule has 140 valence electrons. The first-order valence-electron chi connectivity index (χ1n) is 8.41. The van der Waals surface area contributed by atoms with E-state index in [1.165, 1.54) is 5.56 Å². The van der Waals surface area contributed by atoms with E-state index in [2.05, 4.69) is 5.32 Å². The van der Waals surface area contributed by atoms with Gasteiger partial charge in [-0.15, -0.1) is 0 Å². The summed E-state index contributed by atoms with van der Waals surface area (Å²) in [6.45, 7) is 7.41. The molecule has 0 bridgehead atoms. The molecule has 0 saturated heterocycles. The summed E-state index contributed by atoms with van der Waals surface area (Å²) in [5.41, 5.74) is 2.24. The zero-order valence-corrected chi connectivity index (χ0v) is 16.5. The second kappa shape index (κ2) is 8.08. The molecule has 2 rings (SSSR count). The van der Waals surface area contributed by atoms with Crippen LogP contribution in [0, 0.1) is 0 Å². The lowest BCUT2D eigenvalue weighted by Crippen LogP contribution is -2.44. The lowest BCUT2D eigenvalue weighted by atomic mass is 9.99. The Morgan fingerprint density at radius 1 is 1.20 bits per heavy atom. The molecular weight excluding hydrogens is 340 g/mol. The number of amides is 2. The maximum atomic E-state index is 12.4. The van der Waals surface area contributed by atoms with Crippen molar-refractivity contribution in [2.24, 2.45) is 0 Å². The first-order chi connectivity index (χ1) is 11.8. The van der Waals surface area contributed by atoms with Crippen molar-refractivity contribution in [3.8, 4) is 11.5 Å². The quantitative estimate of drug-likeness (QED) is 0.866. The van der Waals surface area contributed by atoms with Gasteiger partial charge >= 0.3 is 6.03 Å². The molecule has 6 nitrogen and oxygen atoms in total. The van der Waals surface area contributed by atoms with Crippen LogP contribution >= 0.6 is 0 Å². The number of hydrogen-bond acceptors (Lipinski definition) is 4. The third-order valence-electron chi connectivity index (χ3n) is 4.25. The second-order valence-electron chi connectivity index (χ2n) is 7.04. The Bertz CT molecular complexity index is 655. The molecule has 0 radical (unpaired) electrons. The molecule has 1 aliphatic rings. The average molecular weight is 368 g/mol. The van der Waals surface area contributed by atoms with Gasteiger partial charge in [-0.2, -0.15) is 0 Å². The molecule has 2 amide bonds. The van der Waals surface area contributed by atoms with Gasteiger partial charge in [0.2, 0.25) is 0 Å². The van der Waals surface area contributed by atoms with Gasteiger partial charge in [-0.05, 0) is 50.5 Å². The molecule has 0 aliphatic carbocycles. The van der Waals surface area contributed by atoms with E-state index in [0.29, 0.717) is 36.9 Å². The van der Waals surface area contributed by atoms with E-state index in [1.54, 1.807) is 19.1 Å². The summed E-state index contributed by atoms with van der Waals surface area (Å²) in [5.74, 6) is 1.85. The van der Waals surface area contributed by atoms with Gasteiger partial charge in [0.05, 0.1) is 14.2 Å². The zero-order chi connectivity index (χ0) is 18.6. The minimum absolute atomic E-state index is 0.119. The maximum absolute atomic E-state index is 12.4. The highest BCUT2D eigenvalue weighted by Gasteiger charge is 2.23. The van der Waals surface area contributed by atoms with Crippen LogP contribution in [0.4, 0.5) is 4.79 Å². The molecule has 0 unspecified atom stereocenters. The lowest BCUT2D eigenvalue weighted by molar-refractivity contribution is 0.193. The lowest BCUT2D eigenvalue weighted by Gasteiger charge is -2.30. The fourth-order valence-corrected chi connectivity index (χ4v) is 3.63. The largest absolute Gasteiger partial charge is 0.493 e. The van der Waals surface area contributed by atoms with Crippen LogP contribution in [0.5, 0.6) is 11.5 Å². The van der Waals surface area contributed by atoms with Crippen LogP contribution in [0.25, 0.3) is 0 Å². The maximum Gasteiger partial charge on any atom is 0.317 e. The third kappa shape index (κ3) is 4.87. The number of hydrogen-bond donors (Lipinski definition) is 1. The molecule has 0 spiro atoms. The van der Waals surface area contributed by atoms with Crippen molar-refractivity contribution < 1.29 is 18.5 Å². The number of benzene rings is 1. The number of methoxy groups -OCH3 is 2.